The number of hydrogen-bond acceptors (Lipinski definition) is 3. The number of para-hydroxylation sites is 1. The molecule has 3 rings (SSSR count). The highest BCUT2D eigenvalue weighted by Gasteiger charge is 2.08. The quantitative estimate of drug-likeness (QED) is 0.616. The monoisotopic (exact) mass is 363 g/mol. The first-order chi connectivity index (χ1) is 13.1. The highest BCUT2D eigenvalue weighted by molar-refractivity contribution is 5.76. The third-order valence-corrected chi connectivity index (χ3v) is 4.39. The van der Waals surface area contributed by atoms with Gasteiger partial charge in [-0.2, -0.15) is 0 Å². The van der Waals surface area contributed by atoms with Crippen LogP contribution in [0.15, 0.2) is 60.9 Å². The lowest BCUT2D eigenvalue weighted by atomic mass is 10.1. The second-order valence-electron chi connectivity index (χ2n) is 6.51. The number of ether oxygens (including phenoxy) is 1. The highest BCUT2D eigenvalue weighted by atomic mass is 16.5. The van der Waals surface area contributed by atoms with Crippen LogP contribution in [0, 0.1) is 13.8 Å². The summed E-state index contributed by atoms with van der Waals surface area (Å²) < 4.78 is 7.69. The fourth-order valence-corrected chi connectivity index (χ4v) is 2.87. The summed E-state index contributed by atoms with van der Waals surface area (Å²) in [7, 11) is 0. The maximum absolute atomic E-state index is 12.2. The van der Waals surface area contributed by atoms with Gasteiger partial charge in [-0.1, -0.05) is 35.9 Å². The number of carbonyl (C=O) groups is 1. The second kappa shape index (κ2) is 9.03. The van der Waals surface area contributed by atoms with Crippen LogP contribution in [0.4, 0.5) is 0 Å². The average molecular weight is 363 g/mol. The Bertz CT molecular complexity index is 885. The minimum Gasteiger partial charge on any atom is -0.494 e. The molecule has 5 nitrogen and oxygen atoms in total. The Balaban J connectivity index is 1.46. The third kappa shape index (κ3) is 5.20. The number of benzene rings is 2. The van der Waals surface area contributed by atoms with Gasteiger partial charge in [-0.25, -0.2) is 4.98 Å². The van der Waals surface area contributed by atoms with Crippen LogP contribution in [0.25, 0.3) is 5.69 Å². The van der Waals surface area contributed by atoms with Crippen LogP contribution in [0.3, 0.4) is 0 Å². The van der Waals surface area contributed by atoms with Crippen molar-refractivity contribution in [2.45, 2.75) is 33.2 Å². The summed E-state index contributed by atoms with van der Waals surface area (Å²) in [4.78, 5) is 16.4. The van der Waals surface area contributed by atoms with Crippen LogP contribution >= 0.6 is 0 Å². The minimum absolute atomic E-state index is 0.0275. The predicted molar refractivity (Wildman–Crippen MR) is 106 cm³/mol. The molecule has 0 atom stereocenters. The standard InChI is InChI=1S/C22H25N3O2/c1-17-9-11-20(12-10-17)27-15-5-8-22(26)24-16-19-6-3-4-7-21(19)25-14-13-23-18(25)2/h3-4,6-7,9-14H,5,8,15-16H2,1-2H3,(H,24,26). The van der Waals surface area contributed by atoms with E-state index in [-0.39, 0.29) is 5.91 Å². The number of carbonyl (C=O) groups excluding carboxylic acids is 1. The molecule has 0 saturated carbocycles. The van der Waals surface area contributed by atoms with Crippen molar-refractivity contribution < 1.29 is 9.53 Å². The molecule has 0 spiro atoms. The molecule has 27 heavy (non-hydrogen) atoms. The number of rotatable bonds is 8. The van der Waals surface area contributed by atoms with Crippen molar-refractivity contribution in [1.29, 1.82) is 0 Å². The van der Waals surface area contributed by atoms with E-state index in [4.69, 9.17) is 4.74 Å². The number of aromatic nitrogens is 2. The molecule has 1 N–H and O–H groups in total. The van der Waals surface area contributed by atoms with Crippen molar-refractivity contribution in [3.63, 3.8) is 0 Å². The largest absolute Gasteiger partial charge is 0.494 e. The summed E-state index contributed by atoms with van der Waals surface area (Å²) in [5.41, 5.74) is 3.30. The molecule has 3 aromatic rings. The van der Waals surface area contributed by atoms with E-state index in [1.165, 1.54) is 5.56 Å². The van der Waals surface area contributed by atoms with Crippen molar-refractivity contribution in [2.24, 2.45) is 0 Å². The zero-order chi connectivity index (χ0) is 19.1. The van der Waals surface area contributed by atoms with Gasteiger partial charge in [0.1, 0.15) is 11.6 Å². The van der Waals surface area contributed by atoms with E-state index in [0.717, 1.165) is 22.8 Å². The van der Waals surface area contributed by atoms with E-state index in [1.54, 1.807) is 6.20 Å². The molecule has 0 fully saturated rings. The predicted octanol–water partition coefficient (Wildman–Crippen LogP) is 3.96. The lowest BCUT2D eigenvalue weighted by Crippen LogP contribution is -2.23. The van der Waals surface area contributed by atoms with Crippen LogP contribution in [0.5, 0.6) is 5.75 Å². The molecular weight excluding hydrogens is 338 g/mol. The van der Waals surface area contributed by atoms with Gasteiger partial charge < -0.3 is 14.6 Å². The molecule has 5 heteroatoms. The molecule has 1 aromatic heterocycles. The number of hydrogen-bond donors (Lipinski definition) is 1. The van der Waals surface area contributed by atoms with Crippen LogP contribution in [0.1, 0.15) is 29.8 Å². The van der Waals surface area contributed by atoms with E-state index in [9.17, 15) is 4.79 Å². The van der Waals surface area contributed by atoms with Gasteiger partial charge in [0.15, 0.2) is 0 Å². The molecule has 0 aliphatic rings. The molecular formula is C22H25N3O2. The molecule has 140 valence electrons. The molecule has 0 radical (unpaired) electrons. The number of aryl methyl sites for hydroxylation is 2. The number of amides is 1. The molecule has 2 aromatic carbocycles. The van der Waals surface area contributed by atoms with Crippen LogP contribution in [-0.4, -0.2) is 22.1 Å². The van der Waals surface area contributed by atoms with Crippen molar-refractivity contribution in [2.75, 3.05) is 6.61 Å². The van der Waals surface area contributed by atoms with Crippen LogP contribution in [0.2, 0.25) is 0 Å². The van der Waals surface area contributed by atoms with Gasteiger partial charge in [-0.3, -0.25) is 4.79 Å². The topological polar surface area (TPSA) is 56.1 Å². The minimum atomic E-state index is 0.0275. The Morgan fingerprint density at radius 2 is 1.89 bits per heavy atom. The van der Waals surface area contributed by atoms with Gasteiger partial charge >= 0.3 is 0 Å². The lowest BCUT2D eigenvalue weighted by Gasteiger charge is -2.13. The second-order valence-corrected chi connectivity index (χ2v) is 6.51. The van der Waals surface area contributed by atoms with Gasteiger partial charge in [0.2, 0.25) is 5.91 Å². The van der Waals surface area contributed by atoms with E-state index >= 15 is 0 Å². The Morgan fingerprint density at radius 1 is 1.11 bits per heavy atom. The highest BCUT2D eigenvalue weighted by Crippen LogP contribution is 2.16. The SMILES string of the molecule is Cc1ccc(OCCCC(=O)NCc2ccccc2-n2ccnc2C)cc1. The summed E-state index contributed by atoms with van der Waals surface area (Å²) in [6.45, 7) is 5.02. The summed E-state index contributed by atoms with van der Waals surface area (Å²) in [6.07, 6.45) is 4.83. The molecule has 0 unspecified atom stereocenters. The third-order valence-electron chi connectivity index (χ3n) is 4.39. The summed E-state index contributed by atoms with van der Waals surface area (Å²) in [6, 6.07) is 16.0. The van der Waals surface area contributed by atoms with E-state index in [1.807, 2.05) is 73.1 Å². The molecule has 0 aliphatic heterocycles. The lowest BCUT2D eigenvalue weighted by molar-refractivity contribution is -0.121. The number of imidazole rings is 1. The average Bonchev–Trinajstić information content (AvgIpc) is 3.11. The first-order valence-corrected chi connectivity index (χ1v) is 9.18. The Labute approximate surface area is 160 Å². The Hall–Kier alpha value is -3.08. The fourth-order valence-electron chi connectivity index (χ4n) is 2.87. The smallest absolute Gasteiger partial charge is 0.220 e. The van der Waals surface area contributed by atoms with Gasteiger partial charge in [-0.15, -0.1) is 0 Å². The van der Waals surface area contributed by atoms with Gasteiger partial charge in [0, 0.05) is 25.4 Å². The molecule has 0 bridgehead atoms. The Morgan fingerprint density at radius 3 is 2.63 bits per heavy atom. The van der Waals surface area contributed by atoms with E-state index in [0.29, 0.717) is 26.0 Å². The molecule has 1 heterocycles. The summed E-state index contributed by atoms with van der Waals surface area (Å²) in [5.74, 6) is 1.78. The van der Waals surface area contributed by atoms with Crippen LogP contribution < -0.4 is 10.1 Å². The van der Waals surface area contributed by atoms with Gasteiger partial charge in [0.25, 0.3) is 0 Å². The van der Waals surface area contributed by atoms with Crippen molar-refractivity contribution in [3.8, 4) is 11.4 Å². The summed E-state index contributed by atoms with van der Waals surface area (Å²) >= 11 is 0. The molecule has 1 amide bonds. The van der Waals surface area contributed by atoms with E-state index < -0.39 is 0 Å². The van der Waals surface area contributed by atoms with Crippen molar-refractivity contribution in [1.82, 2.24) is 14.9 Å². The first-order valence-electron chi connectivity index (χ1n) is 9.18. The molecule has 0 aliphatic carbocycles. The van der Waals surface area contributed by atoms with Gasteiger partial charge in [-0.05, 0) is 44.0 Å². The fraction of sp³-hybridized carbons (Fsp3) is 0.273. The maximum Gasteiger partial charge on any atom is 0.220 e. The van der Waals surface area contributed by atoms with Crippen LogP contribution in [-0.2, 0) is 11.3 Å². The van der Waals surface area contributed by atoms with E-state index in [2.05, 4.69) is 10.3 Å². The number of nitrogens with one attached hydrogen (secondary N) is 1. The summed E-state index contributed by atoms with van der Waals surface area (Å²) in [5, 5.41) is 3.00. The normalized spacial score (nSPS) is 10.6. The first kappa shape index (κ1) is 18.7. The van der Waals surface area contributed by atoms with Gasteiger partial charge in [0.05, 0.1) is 12.3 Å². The zero-order valence-electron chi connectivity index (χ0n) is 15.8. The zero-order valence-corrected chi connectivity index (χ0v) is 15.8. The van der Waals surface area contributed by atoms with Crippen molar-refractivity contribution in [3.05, 3.63) is 77.9 Å². The number of nitrogens with zero attached hydrogens (tertiary/aromatic N) is 2. The molecule has 0 saturated heterocycles. The Kier molecular flexibility index (Phi) is 6.26. The van der Waals surface area contributed by atoms with Crippen molar-refractivity contribution >= 4 is 5.91 Å². The maximum atomic E-state index is 12.2.